The summed E-state index contributed by atoms with van der Waals surface area (Å²) in [5, 5.41) is 22.4. The molecule has 6 fully saturated rings. The van der Waals surface area contributed by atoms with Crippen LogP contribution in [0.4, 0.5) is 17.6 Å². The van der Waals surface area contributed by atoms with E-state index in [9.17, 15) is 47.7 Å². The summed E-state index contributed by atoms with van der Waals surface area (Å²) in [7, 11) is 1.61. The van der Waals surface area contributed by atoms with Crippen LogP contribution in [0.2, 0.25) is 5.02 Å². The molecule has 127 heavy (non-hydrogen) atoms. The van der Waals surface area contributed by atoms with E-state index in [1.54, 1.807) is 37.4 Å². The van der Waals surface area contributed by atoms with Gasteiger partial charge in [-0.15, -0.1) is 13.2 Å². The molecule has 0 saturated carbocycles. The molecular weight excluding hydrogens is 1630 g/mol. The Kier molecular flexibility index (Phi) is 34.5. The molecule has 6 saturated heterocycles. The van der Waals surface area contributed by atoms with E-state index < -0.39 is 61.2 Å². The molecule has 0 aromatic heterocycles. The highest BCUT2D eigenvalue weighted by molar-refractivity contribution is 6.31. The molecule has 6 N–H and O–H groups in total. The number of fused-ring (bicyclic) bond motifs is 2. The second-order valence-electron chi connectivity index (χ2n) is 34.2. The van der Waals surface area contributed by atoms with Crippen molar-refractivity contribution in [2.75, 3.05) is 125 Å². The van der Waals surface area contributed by atoms with Gasteiger partial charge in [-0.1, -0.05) is 191 Å². The number of methoxy groups -OCH3 is 1. The smallest absolute Gasteiger partial charge is 0.495 e. The van der Waals surface area contributed by atoms with Crippen molar-refractivity contribution in [1.82, 2.24) is 61.3 Å². The van der Waals surface area contributed by atoms with Crippen molar-refractivity contribution in [3.63, 3.8) is 0 Å². The Balaban J connectivity index is 0.000000179. The van der Waals surface area contributed by atoms with E-state index in [-0.39, 0.29) is 90.3 Å². The van der Waals surface area contributed by atoms with Crippen LogP contribution < -0.4 is 41.4 Å². The van der Waals surface area contributed by atoms with Crippen LogP contribution in [-0.4, -0.2) is 232 Å². The molecule has 6 heterocycles. The molecular formula is C102H131ClF4N12O8. The summed E-state index contributed by atoms with van der Waals surface area (Å²) >= 11 is 6.09. The molecule has 9 atom stereocenters. The van der Waals surface area contributed by atoms with Gasteiger partial charge in [0.15, 0.2) is 11.6 Å². The zero-order chi connectivity index (χ0) is 94.0. The molecule has 0 spiro atoms. The van der Waals surface area contributed by atoms with Crippen LogP contribution >= 0.6 is 11.6 Å². The third-order valence-electron chi connectivity index (χ3n) is 25.5. The summed E-state index contributed by atoms with van der Waals surface area (Å²) in [4.78, 5) is 94.0. The minimum atomic E-state index is -5.00. The number of rotatable bonds is 33. The Hall–Kier alpha value is -9.79. The van der Waals surface area contributed by atoms with Gasteiger partial charge in [-0.05, 0) is 222 Å². The average molecular weight is 1770 g/mol. The van der Waals surface area contributed by atoms with Crippen molar-refractivity contribution >= 4 is 74.7 Å². The number of nitrogens with one attached hydrogen (secondary N) is 6. The van der Waals surface area contributed by atoms with Crippen molar-refractivity contribution in [1.29, 1.82) is 0 Å². The fourth-order valence-electron chi connectivity index (χ4n) is 18.1. The number of benzene rings is 8. The molecule has 25 heteroatoms. The van der Waals surface area contributed by atoms with Crippen molar-refractivity contribution in [3.05, 3.63) is 232 Å². The third kappa shape index (κ3) is 29.1. The largest absolute Gasteiger partial charge is 0.573 e. The number of alkyl halides is 3. The lowest BCUT2D eigenvalue weighted by atomic mass is 9.95. The van der Waals surface area contributed by atoms with Gasteiger partial charge in [-0.2, -0.15) is 0 Å². The molecule has 8 aromatic carbocycles. The van der Waals surface area contributed by atoms with Crippen LogP contribution in [0.25, 0.3) is 27.6 Å². The zero-order valence-corrected chi connectivity index (χ0v) is 74.7. The van der Waals surface area contributed by atoms with E-state index in [1.807, 2.05) is 103 Å². The number of carbonyl (C=O) groups is 6. The quantitative estimate of drug-likeness (QED) is 0.0167. The molecule has 8 aromatic rings. The first-order valence-electron chi connectivity index (χ1n) is 48.4. The van der Waals surface area contributed by atoms with Crippen molar-refractivity contribution < 1.29 is 62.7 Å². The Morgan fingerprint density at radius 2 is 0.984 bits per heavy atom. The fraction of sp³-hybridized carbons (Fsp3) is 0.490. The Morgan fingerprint density at radius 3 is 1.47 bits per heavy atom. The zero-order valence-electron chi connectivity index (χ0n) is 79.0. The molecule has 0 unspecified atom stereocenters. The molecule has 0 bridgehead atoms. The molecule has 20 nitrogen and oxygen atoms in total. The number of carbonyl (C=O) groups excluding carboxylic acids is 6. The molecule has 6 amide bonds. The molecule has 0 radical (unpaired) electrons. The van der Waals surface area contributed by atoms with Gasteiger partial charge < -0.3 is 70.8 Å². The Morgan fingerprint density at radius 1 is 0.528 bits per heavy atom. The normalized spacial score (nSPS) is 22.5. The highest BCUT2D eigenvalue weighted by atomic mass is 35.5. The van der Waals surface area contributed by atoms with Crippen LogP contribution in [-0.2, 0) is 19.2 Å². The van der Waals surface area contributed by atoms with E-state index in [0.29, 0.717) is 80.8 Å². The summed E-state index contributed by atoms with van der Waals surface area (Å²) < 4.78 is 106. The van der Waals surface area contributed by atoms with Crippen LogP contribution in [0.5, 0.6) is 11.5 Å². The van der Waals surface area contributed by atoms with Crippen molar-refractivity contribution in [2.24, 2.45) is 0 Å². The predicted octanol–water partition coefficient (Wildman–Crippen LogP) is 16.5. The van der Waals surface area contributed by atoms with Crippen LogP contribution in [0.1, 0.15) is 204 Å². The first kappa shape index (κ1) is 89.2. The first-order valence-corrected chi connectivity index (χ1v) is 46.2. The standard InChI is InChI=1S/C35H46N4O3.C34H43ClN4O2.C33H42F4N4O3/c1-3-26(27-12-6-4-7-13-27)25-39-23-18-29(37-32(35(39)41)19-22-38-20-10-5-11-21-38)24-36-34(40)31-17-16-28-14-8-9-15-30(28)33(31)42-2;1-2-25(26-9-5-3-6-10-26)24-39-20-15-31(37-32(34(39)41)16-19-38-17-7-4-8-18-38)23-36-33(40)29-12-11-28-22-30(35)14-13-27(28)21-29;1-2-25(26-9-5-3-6-10-26)23-41-20-15-27(39-29(32(41)43)16-19-40-17-7-4-8-18-40)22-38-31(42)14-12-24-11-13-30(28(34)21-24)44-33(35,36)37/h4,6-9,12-17,26,29,32,37H,3,5,10-11,18-25H2,1-2H3,(H,36,40);3,5-6,9-14,21-22,25,31-32,37H,2,4,7-8,15-20,23-24H2,1H3,(H,36,40);3,5-6,9-14,21,25,27,29,39H,2,4,7-8,15-20,22-23H2,1H3,(H,38,42)/b;;14-12+/t26-,29+,32+;25-,31+,32+;25-,27+,29+/m111/s1/i;15D2,23D2,31D;. The second-order valence-corrected chi connectivity index (χ2v) is 34.7. The van der Waals surface area contributed by atoms with E-state index in [2.05, 4.69) is 106 Å². The number of piperidine rings is 3. The summed E-state index contributed by atoms with van der Waals surface area (Å²) in [6.07, 6.45) is 11.4. The predicted molar refractivity (Wildman–Crippen MR) is 498 cm³/mol. The van der Waals surface area contributed by atoms with Gasteiger partial charge in [0.25, 0.3) is 11.8 Å². The monoisotopic (exact) mass is 1770 g/mol. The van der Waals surface area contributed by atoms with E-state index in [4.69, 9.17) is 21.8 Å². The molecule has 14 rings (SSSR count). The van der Waals surface area contributed by atoms with Gasteiger partial charge in [-0.25, -0.2) is 4.39 Å². The number of hydrogen-bond acceptors (Lipinski definition) is 14. The van der Waals surface area contributed by atoms with Gasteiger partial charge in [0.05, 0.1) is 33.5 Å². The van der Waals surface area contributed by atoms with Crippen LogP contribution in [0.15, 0.2) is 188 Å². The summed E-state index contributed by atoms with van der Waals surface area (Å²) in [5.74, 6) is -2.55. The summed E-state index contributed by atoms with van der Waals surface area (Å²) in [5.41, 5.74) is 4.41. The van der Waals surface area contributed by atoms with Gasteiger partial charge in [0, 0.05) is 141 Å². The molecule has 6 aliphatic heterocycles. The molecule has 682 valence electrons. The lowest BCUT2D eigenvalue weighted by Gasteiger charge is -2.31. The lowest BCUT2D eigenvalue weighted by molar-refractivity contribution is -0.275. The minimum Gasteiger partial charge on any atom is -0.495 e. The highest BCUT2D eigenvalue weighted by Crippen LogP contribution is 2.33. The van der Waals surface area contributed by atoms with E-state index in [0.717, 1.165) is 137 Å². The number of hydrogen-bond donors (Lipinski definition) is 6. The SMILES string of the molecule is CC[C@H](CN1CC[C@@H](CNC(=O)/C=C/c2ccc(OC(F)(F)F)c(F)c2)N[C@@H](CCN2CCCCC2)C1=O)c1ccccc1.CC[C@H](CN1CC[C@@H](CNC(=O)c2ccc3ccccc3c2OC)N[C@@H](CCN2CCCCC2)C1=O)c1ccccc1.[2H]C1([2H])CN(C[C@@H](CC)c2ccccc2)C(=O)[C@H](CCN2CCCCC2)N[C@]1([2H])C([2H])([2H])NC(=O)c1ccc2cc(Cl)ccc2c1. The van der Waals surface area contributed by atoms with Gasteiger partial charge in [-0.3, -0.25) is 28.8 Å². The van der Waals surface area contributed by atoms with E-state index in [1.165, 1.54) is 78.8 Å². The third-order valence-corrected chi connectivity index (χ3v) is 25.7. The Bertz CT molecular complexity index is 5120. The maximum absolute atomic E-state index is 14.2. The number of nitrogens with zero attached hydrogens (tertiary/aromatic N) is 6. The van der Waals surface area contributed by atoms with Crippen molar-refractivity contribution in [3.8, 4) is 11.5 Å². The molecule has 6 aliphatic rings. The fourth-order valence-corrected chi connectivity index (χ4v) is 18.3. The highest BCUT2D eigenvalue weighted by Gasteiger charge is 2.38. The first-order chi connectivity index (χ1) is 63.5. The topological polar surface area (TPSA) is 212 Å². The lowest BCUT2D eigenvalue weighted by Crippen LogP contribution is -2.50. The van der Waals surface area contributed by atoms with E-state index >= 15 is 0 Å². The van der Waals surface area contributed by atoms with Crippen LogP contribution in [0.3, 0.4) is 0 Å². The second kappa shape index (κ2) is 49.1. The van der Waals surface area contributed by atoms with Crippen molar-refractivity contribution in [2.45, 2.75) is 197 Å². The van der Waals surface area contributed by atoms with Gasteiger partial charge in [0.1, 0.15) is 5.75 Å². The van der Waals surface area contributed by atoms with Gasteiger partial charge >= 0.3 is 6.36 Å². The molecule has 0 aliphatic carbocycles. The maximum atomic E-state index is 14.2. The number of likely N-dealkylation sites (tertiary alicyclic amines) is 3. The Labute approximate surface area is 760 Å². The maximum Gasteiger partial charge on any atom is 0.573 e. The number of ether oxygens (including phenoxy) is 2. The number of amides is 6. The number of halogens is 5. The summed E-state index contributed by atoms with van der Waals surface area (Å²) in [6.45, 7) is 14.9. The minimum absolute atomic E-state index is 0.00231. The average Bonchev–Trinajstić information content (AvgIpc) is 1.49. The van der Waals surface area contributed by atoms with Crippen LogP contribution in [0, 0.1) is 5.82 Å². The summed E-state index contributed by atoms with van der Waals surface area (Å²) in [6, 6.07) is 50.8. The van der Waals surface area contributed by atoms with Gasteiger partial charge in [0.2, 0.25) is 23.6 Å².